The van der Waals surface area contributed by atoms with Gasteiger partial charge in [0, 0.05) is 5.69 Å². The van der Waals surface area contributed by atoms with Crippen molar-refractivity contribution in [3.63, 3.8) is 0 Å². The second kappa shape index (κ2) is 6.04. The van der Waals surface area contributed by atoms with Crippen molar-refractivity contribution in [1.29, 1.82) is 0 Å². The molecule has 0 fully saturated rings. The predicted octanol–water partition coefficient (Wildman–Crippen LogP) is 1.13. The minimum absolute atomic E-state index is 0. The third-order valence-corrected chi connectivity index (χ3v) is 3.03. The lowest BCUT2D eigenvalue weighted by Crippen LogP contribution is -2.39. The van der Waals surface area contributed by atoms with Gasteiger partial charge in [0.05, 0.1) is 18.5 Å². The van der Waals surface area contributed by atoms with Crippen LogP contribution in [0.25, 0.3) is 0 Å². The summed E-state index contributed by atoms with van der Waals surface area (Å²) in [4.78, 5) is 22.8. The molecule has 0 bridgehead atoms. The number of rotatable bonds is 3. The Morgan fingerprint density at radius 3 is 2.74 bits per heavy atom. The first-order chi connectivity index (χ1) is 8.47. The van der Waals surface area contributed by atoms with Crippen LogP contribution in [0.3, 0.4) is 0 Å². The Kier molecular flexibility index (Phi) is 4.91. The van der Waals surface area contributed by atoms with E-state index in [0.717, 1.165) is 16.8 Å². The highest BCUT2D eigenvalue weighted by Gasteiger charge is 2.19. The first-order valence-corrected chi connectivity index (χ1v) is 5.96. The van der Waals surface area contributed by atoms with Crippen LogP contribution in [0.1, 0.15) is 31.0 Å². The van der Waals surface area contributed by atoms with Gasteiger partial charge < -0.3 is 16.4 Å². The maximum absolute atomic E-state index is 11.5. The standard InChI is InChI=1S/C13H17N3O2.ClH/c1-7(14)13(18)15-8(2)9-3-4-11-10(5-9)6-12(17)16-11;/h3-5,7-8H,6,14H2,1-2H3,(H,15,18)(H,16,17);1H/t7-,8?;/m1./s1. The molecular weight excluding hydrogens is 266 g/mol. The van der Waals surface area contributed by atoms with Crippen molar-refractivity contribution in [3.05, 3.63) is 29.3 Å². The molecule has 5 nitrogen and oxygen atoms in total. The molecule has 19 heavy (non-hydrogen) atoms. The zero-order valence-corrected chi connectivity index (χ0v) is 11.7. The fraction of sp³-hybridized carbons (Fsp3) is 0.385. The fourth-order valence-corrected chi connectivity index (χ4v) is 1.95. The molecule has 0 radical (unpaired) electrons. The van der Waals surface area contributed by atoms with E-state index >= 15 is 0 Å². The van der Waals surface area contributed by atoms with Gasteiger partial charge in [-0.15, -0.1) is 12.4 Å². The molecule has 0 spiro atoms. The van der Waals surface area contributed by atoms with Gasteiger partial charge in [-0.1, -0.05) is 12.1 Å². The van der Waals surface area contributed by atoms with Crippen LogP contribution in [0.2, 0.25) is 0 Å². The quantitative estimate of drug-likeness (QED) is 0.777. The van der Waals surface area contributed by atoms with Crippen LogP contribution in [0.15, 0.2) is 18.2 Å². The van der Waals surface area contributed by atoms with Crippen LogP contribution in [0.4, 0.5) is 5.69 Å². The third kappa shape index (κ3) is 3.45. The number of nitrogens with two attached hydrogens (primary N) is 1. The Morgan fingerprint density at radius 2 is 2.11 bits per heavy atom. The number of anilines is 1. The van der Waals surface area contributed by atoms with Gasteiger partial charge in [-0.25, -0.2) is 0 Å². The maximum atomic E-state index is 11.5. The second-order valence-corrected chi connectivity index (χ2v) is 4.66. The molecule has 1 unspecified atom stereocenters. The smallest absolute Gasteiger partial charge is 0.237 e. The summed E-state index contributed by atoms with van der Waals surface area (Å²) >= 11 is 0. The van der Waals surface area contributed by atoms with E-state index in [1.165, 1.54) is 0 Å². The second-order valence-electron chi connectivity index (χ2n) is 4.66. The van der Waals surface area contributed by atoms with Gasteiger partial charge in [0.15, 0.2) is 0 Å². The number of hydrogen-bond acceptors (Lipinski definition) is 3. The number of benzene rings is 1. The molecule has 0 aliphatic carbocycles. The van der Waals surface area contributed by atoms with Gasteiger partial charge >= 0.3 is 0 Å². The molecule has 1 heterocycles. The summed E-state index contributed by atoms with van der Waals surface area (Å²) in [6, 6.07) is 5.06. The van der Waals surface area contributed by atoms with Crippen molar-refractivity contribution in [3.8, 4) is 0 Å². The molecule has 2 atom stereocenters. The summed E-state index contributed by atoms with van der Waals surface area (Å²) < 4.78 is 0. The molecule has 1 aromatic rings. The van der Waals surface area contributed by atoms with Gasteiger partial charge in [-0.05, 0) is 31.0 Å². The minimum atomic E-state index is -0.523. The summed E-state index contributed by atoms with van der Waals surface area (Å²) in [5.41, 5.74) is 8.30. The van der Waals surface area contributed by atoms with Crippen LogP contribution < -0.4 is 16.4 Å². The zero-order chi connectivity index (χ0) is 13.3. The number of fused-ring (bicyclic) bond motifs is 1. The highest BCUT2D eigenvalue weighted by molar-refractivity contribution is 5.99. The van der Waals surface area contributed by atoms with E-state index in [-0.39, 0.29) is 30.3 Å². The number of halogens is 1. The van der Waals surface area contributed by atoms with Crippen LogP contribution >= 0.6 is 12.4 Å². The fourth-order valence-electron chi connectivity index (χ4n) is 1.95. The molecule has 1 aromatic carbocycles. The molecule has 104 valence electrons. The number of carbonyl (C=O) groups excluding carboxylic acids is 2. The molecule has 2 rings (SSSR count). The van der Waals surface area contributed by atoms with Gasteiger partial charge in [0.2, 0.25) is 11.8 Å². The molecule has 0 saturated carbocycles. The average molecular weight is 284 g/mol. The van der Waals surface area contributed by atoms with Gasteiger partial charge in [-0.2, -0.15) is 0 Å². The van der Waals surface area contributed by atoms with Crippen molar-refractivity contribution < 1.29 is 9.59 Å². The van der Waals surface area contributed by atoms with Crippen LogP contribution in [-0.2, 0) is 16.0 Å². The minimum Gasteiger partial charge on any atom is -0.348 e. The van der Waals surface area contributed by atoms with E-state index in [9.17, 15) is 9.59 Å². The van der Waals surface area contributed by atoms with E-state index < -0.39 is 6.04 Å². The van der Waals surface area contributed by atoms with Crippen LogP contribution in [0.5, 0.6) is 0 Å². The lowest BCUT2D eigenvalue weighted by molar-refractivity contribution is -0.122. The summed E-state index contributed by atoms with van der Waals surface area (Å²) in [5.74, 6) is -0.174. The predicted molar refractivity (Wildman–Crippen MR) is 76.2 cm³/mol. The largest absolute Gasteiger partial charge is 0.348 e. The Balaban J connectivity index is 0.00000180. The molecule has 0 saturated heterocycles. The summed E-state index contributed by atoms with van der Waals surface area (Å²) in [6.07, 6.45) is 0.400. The normalized spacial score (nSPS) is 15.8. The summed E-state index contributed by atoms with van der Waals surface area (Å²) in [5, 5.41) is 5.60. The summed E-state index contributed by atoms with van der Waals surface area (Å²) in [7, 11) is 0. The number of hydrogen-bond donors (Lipinski definition) is 3. The highest BCUT2D eigenvalue weighted by atomic mass is 35.5. The van der Waals surface area contributed by atoms with Gasteiger partial charge in [0.1, 0.15) is 0 Å². The lowest BCUT2D eigenvalue weighted by atomic mass is 10.0. The Labute approximate surface area is 118 Å². The van der Waals surface area contributed by atoms with Crippen molar-refractivity contribution >= 4 is 29.9 Å². The van der Waals surface area contributed by atoms with Crippen molar-refractivity contribution in [2.75, 3.05) is 5.32 Å². The molecule has 4 N–H and O–H groups in total. The Hall–Kier alpha value is -1.59. The molecule has 6 heteroatoms. The molecular formula is C13H18ClN3O2. The monoisotopic (exact) mass is 283 g/mol. The Morgan fingerprint density at radius 1 is 1.42 bits per heavy atom. The SMILES string of the molecule is CC(NC(=O)[C@@H](C)N)c1ccc2c(c1)CC(=O)N2.Cl. The van der Waals surface area contributed by atoms with Crippen molar-refractivity contribution in [1.82, 2.24) is 5.32 Å². The van der Waals surface area contributed by atoms with Gasteiger partial charge in [-0.3, -0.25) is 9.59 Å². The third-order valence-electron chi connectivity index (χ3n) is 3.03. The van der Waals surface area contributed by atoms with Crippen LogP contribution in [-0.4, -0.2) is 17.9 Å². The highest BCUT2D eigenvalue weighted by Crippen LogP contribution is 2.26. The topological polar surface area (TPSA) is 84.2 Å². The summed E-state index contributed by atoms with van der Waals surface area (Å²) in [6.45, 7) is 3.54. The van der Waals surface area contributed by atoms with E-state index in [1.54, 1.807) is 6.92 Å². The van der Waals surface area contributed by atoms with Crippen molar-refractivity contribution in [2.45, 2.75) is 32.4 Å². The maximum Gasteiger partial charge on any atom is 0.237 e. The van der Waals surface area contributed by atoms with E-state index in [4.69, 9.17) is 5.73 Å². The number of amides is 2. The van der Waals surface area contributed by atoms with Crippen molar-refractivity contribution in [2.24, 2.45) is 5.73 Å². The van der Waals surface area contributed by atoms with E-state index in [1.807, 2.05) is 25.1 Å². The average Bonchev–Trinajstić information content (AvgIpc) is 2.67. The van der Waals surface area contributed by atoms with E-state index in [2.05, 4.69) is 10.6 Å². The molecule has 0 aromatic heterocycles. The van der Waals surface area contributed by atoms with Gasteiger partial charge in [0.25, 0.3) is 0 Å². The molecule has 2 amide bonds. The first kappa shape index (κ1) is 15.5. The first-order valence-electron chi connectivity index (χ1n) is 5.96. The Bertz CT molecular complexity index is 503. The zero-order valence-electron chi connectivity index (χ0n) is 10.9. The molecule has 1 aliphatic heterocycles. The lowest BCUT2D eigenvalue weighted by Gasteiger charge is -2.16. The molecule has 1 aliphatic rings. The number of carbonyl (C=O) groups is 2. The van der Waals surface area contributed by atoms with Crippen LogP contribution in [0, 0.1) is 0 Å². The van der Waals surface area contributed by atoms with E-state index in [0.29, 0.717) is 6.42 Å². The number of nitrogens with one attached hydrogen (secondary N) is 2.